The molecular weight excluding hydrogens is 290 g/mol. The van der Waals surface area contributed by atoms with Crippen LogP contribution in [0.2, 0.25) is 0 Å². The SMILES string of the molecule is CCN1CCC[C@@H]1[C@H]1CCCN1C(=O)CN(C)c1cnccn1. The van der Waals surface area contributed by atoms with Crippen molar-refractivity contribution in [2.45, 2.75) is 44.7 Å². The Morgan fingerprint density at radius 2 is 2.04 bits per heavy atom. The van der Waals surface area contributed by atoms with Crippen molar-refractivity contribution in [1.29, 1.82) is 0 Å². The number of likely N-dealkylation sites (N-methyl/N-ethyl adjacent to an activating group) is 2. The summed E-state index contributed by atoms with van der Waals surface area (Å²) in [7, 11) is 1.90. The maximum atomic E-state index is 12.8. The van der Waals surface area contributed by atoms with Gasteiger partial charge in [-0.3, -0.25) is 14.7 Å². The van der Waals surface area contributed by atoms with Crippen LogP contribution in [0.3, 0.4) is 0 Å². The van der Waals surface area contributed by atoms with Crippen LogP contribution in [0.15, 0.2) is 18.6 Å². The van der Waals surface area contributed by atoms with Crippen molar-refractivity contribution >= 4 is 11.7 Å². The normalized spacial score (nSPS) is 25.0. The van der Waals surface area contributed by atoms with Gasteiger partial charge >= 0.3 is 0 Å². The zero-order chi connectivity index (χ0) is 16.2. The fourth-order valence-electron chi connectivity index (χ4n) is 4.05. The highest BCUT2D eigenvalue weighted by atomic mass is 16.2. The maximum Gasteiger partial charge on any atom is 0.242 e. The number of hydrogen-bond donors (Lipinski definition) is 0. The van der Waals surface area contributed by atoms with E-state index >= 15 is 0 Å². The van der Waals surface area contributed by atoms with Gasteiger partial charge in [-0.1, -0.05) is 6.92 Å². The van der Waals surface area contributed by atoms with Gasteiger partial charge in [0.05, 0.1) is 12.7 Å². The van der Waals surface area contributed by atoms with Crippen LogP contribution in [-0.2, 0) is 4.79 Å². The average molecular weight is 317 g/mol. The first-order valence-electron chi connectivity index (χ1n) is 8.71. The van der Waals surface area contributed by atoms with E-state index in [0.29, 0.717) is 18.6 Å². The highest BCUT2D eigenvalue weighted by Gasteiger charge is 2.39. The van der Waals surface area contributed by atoms with Crippen LogP contribution in [0.25, 0.3) is 0 Å². The number of nitrogens with zero attached hydrogens (tertiary/aromatic N) is 5. The fraction of sp³-hybridized carbons (Fsp3) is 0.706. The van der Waals surface area contributed by atoms with E-state index in [1.54, 1.807) is 18.6 Å². The molecule has 1 amide bonds. The monoisotopic (exact) mass is 317 g/mol. The second-order valence-corrected chi connectivity index (χ2v) is 6.55. The molecule has 6 heteroatoms. The van der Waals surface area contributed by atoms with Crippen molar-refractivity contribution < 1.29 is 4.79 Å². The summed E-state index contributed by atoms with van der Waals surface area (Å²) in [6, 6.07) is 0.938. The molecule has 126 valence electrons. The lowest BCUT2D eigenvalue weighted by Gasteiger charge is -2.35. The smallest absolute Gasteiger partial charge is 0.242 e. The maximum absolute atomic E-state index is 12.8. The Morgan fingerprint density at radius 3 is 2.78 bits per heavy atom. The third kappa shape index (κ3) is 3.47. The van der Waals surface area contributed by atoms with Crippen molar-refractivity contribution in [3.8, 4) is 0 Å². The molecule has 0 bridgehead atoms. The molecule has 0 spiro atoms. The van der Waals surface area contributed by atoms with Crippen LogP contribution in [0.5, 0.6) is 0 Å². The van der Waals surface area contributed by atoms with Gasteiger partial charge in [-0.2, -0.15) is 0 Å². The summed E-state index contributed by atoms with van der Waals surface area (Å²) in [5.41, 5.74) is 0. The fourth-order valence-corrected chi connectivity index (χ4v) is 4.05. The molecule has 0 saturated carbocycles. The van der Waals surface area contributed by atoms with Gasteiger partial charge in [0.25, 0.3) is 0 Å². The summed E-state index contributed by atoms with van der Waals surface area (Å²) in [6.45, 7) is 5.75. The Hall–Kier alpha value is -1.69. The van der Waals surface area contributed by atoms with E-state index < -0.39 is 0 Å². The van der Waals surface area contributed by atoms with Gasteiger partial charge in [-0.05, 0) is 38.8 Å². The number of aromatic nitrogens is 2. The van der Waals surface area contributed by atoms with Crippen molar-refractivity contribution in [1.82, 2.24) is 19.8 Å². The Morgan fingerprint density at radius 1 is 1.26 bits per heavy atom. The summed E-state index contributed by atoms with van der Waals surface area (Å²) in [5, 5.41) is 0. The summed E-state index contributed by atoms with van der Waals surface area (Å²) in [5.74, 6) is 0.955. The van der Waals surface area contributed by atoms with E-state index in [1.165, 1.54) is 19.4 Å². The van der Waals surface area contributed by atoms with E-state index in [-0.39, 0.29) is 5.91 Å². The van der Waals surface area contributed by atoms with Crippen LogP contribution in [-0.4, -0.2) is 71.0 Å². The largest absolute Gasteiger partial charge is 0.349 e. The van der Waals surface area contributed by atoms with E-state index in [2.05, 4.69) is 26.7 Å². The third-order valence-corrected chi connectivity index (χ3v) is 5.20. The molecule has 1 aromatic heterocycles. The van der Waals surface area contributed by atoms with E-state index in [9.17, 15) is 4.79 Å². The topological polar surface area (TPSA) is 52.6 Å². The van der Waals surface area contributed by atoms with Crippen molar-refractivity contribution in [3.63, 3.8) is 0 Å². The van der Waals surface area contributed by atoms with Crippen LogP contribution in [0, 0.1) is 0 Å². The molecular formula is C17H27N5O. The second kappa shape index (κ2) is 7.25. The highest BCUT2D eigenvalue weighted by Crippen LogP contribution is 2.30. The van der Waals surface area contributed by atoms with Crippen LogP contribution in [0.4, 0.5) is 5.82 Å². The first kappa shape index (κ1) is 16.2. The zero-order valence-corrected chi connectivity index (χ0v) is 14.2. The van der Waals surface area contributed by atoms with Gasteiger partial charge in [-0.15, -0.1) is 0 Å². The third-order valence-electron chi connectivity index (χ3n) is 5.20. The predicted molar refractivity (Wildman–Crippen MR) is 90.3 cm³/mol. The lowest BCUT2D eigenvalue weighted by molar-refractivity contribution is -0.131. The minimum absolute atomic E-state index is 0.212. The van der Waals surface area contributed by atoms with Gasteiger partial charge in [0.1, 0.15) is 5.82 Å². The highest BCUT2D eigenvalue weighted by molar-refractivity contribution is 5.81. The average Bonchev–Trinajstić information content (AvgIpc) is 3.23. The van der Waals surface area contributed by atoms with E-state index in [0.717, 1.165) is 31.7 Å². The van der Waals surface area contributed by atoms with E-state index in [1.807, 2.05) is 11.9 Å². The molecule has 3 heterocycles. The van der Waals surface area contributed by atoms with Crippen LogP contribution in [0.1, 0.15) is 32.6 Å². The van der Waals surface area contributed by atoms with Crippen molar-refractivity contribution in [2.24, 2.45) is 0 Å². The number of carbonyl (C=O) groups excluding carboxylic acids is 1. The lowest BCUT2D eigenvalue weighted by Crippen LogP contribution is -2.50. The molecule has 0 aliphatic carbocycles. The molecule has 0 aromatic carbocycles. The first-order valence-corrected chi connectivity index (χ1v) is 8.71. The van der Waals surface area contributed by atoms with Gasteiger partial charge in [-0.25, -0.2) is 4.98 Å². The first-order chi connectivity index (χ1) is 11.2. The Kier molecular flexibility index (Phi) is 5.10. The summed E-state index contributed by atoms with van der Waals surface area (Å²) in [6.07, 6.45) is 9.76. The summed E-state index contributed by atoms with van der Waals surface area (Å²) in [4.78, 5) is 27.7. The van der Waals surface area contributed by atoms with Gasteiger partial charge in [0.2, 0.25) is 5.91 Å². The molecule has 3 rings (SSSR count). The molecule has 2 aliphatic rings. The van der Waals surface area contributed by atoms with Gasteiger partial charge in [0, 0.05) is 38.1 Å². The zero-order valence-electron chi connectivity index (χ0n) is 14.2. The standard InChI is InChI=1S/C17H27N5O/c1-3-21-10-4-6-14(21)15-7-5-11-22(15)17(23)13-20(2)16-12-18-8-9-19-16/h8-9,12,14-15H,3-7,10-11,13H2,1-2H3/t14-,15-/m1/s1. The number of anilines is 1. The lowest BCUT2D eigenvalue weighted by atomic mass is 10.0. The molecule has 1 aromatic rings. The molecule has 0 unspecified atom stereocenters. The van der Waals surface area contributed by atoms with E-state index in [4.69, 9.17) is 0 Å². The number of hydrogen-bond acceptors (Lipinski definition) is 5. The molecule has 2 atom stereocenters. The molecule has 2 saturated heterocycles. The van der Waals surface area contributed by atoms with Crippen molar-refractivity contribution in [3.05, 3.63) is 18.6 Å². The van der Waals surface area contributed by atoms with Crippen LogP contribution >= 0.6 is 0 Å². The Bertz CT molecular complexity index is 523. The number of carbonyl (C=O) groups is 1. The minimum Gasteiger partial charge on any atom is -0.349 e. The molecule has 2 fully saturated rings. The number of likely N-dealkylation sites (tertiary alicyclic amines) is 2. The Labute approximate surface area is 138 Å². The minimum atomic E-state index is 0.212. The summed E-state index contributed by atoms with van der Waals surface area (Å²) >= 11 is 0. The quantitative estimate of drug-likeness (QED) is 0.821. The second-order valence-electron chi connectivity index (χ2n) is 6.55. The molecule has 23 heavy (non-hydrogen) atoms. The molecule has 2 aliphatic heterocycles. The number of amides is 1. The van der Waals surface area contributed by atoms with Crippen molar-refractivity contribution in [2.75, 3.05) is 38.1 Å². The Balaban J connectivity index is 1.64. The van der Waals surface area contributed by atoms with Crippen LogP contribution < -0.4 is 4.90 Å². The number of rotatable bonds is 5. The molecule has 6 nitrogen and oxygen atoms in total. The predicted octanol–water partition coefficient (Wildman–Crippen LogP) is 1.39. The van der Waals surface area contributed by atoms with Gasteiger partial charge < -0.3 is 9.80 Å². The van der Waals surface area contributed by atoms with Gasteiger partial charge in [0.15, 0.2) is 0 Å². The molecule has 0 radical (unpaired) electrons. The summed E-state index contributed by atoms with van der Waals surface area (Å²) < 4.78 is 0. The molecule has 0 N–H and O–H groups in total.